The highest BCUT2D eigenvalue weighted by Crippen LogP contribution is 2.28. The zero-order valence-electron chi connectivity index (χ0n) is 31.3. The molecule has 3 aliphatic rings. The Hall–Kier alpha value is -4.48. The number of nitrogens with two attached hydrogens (primary N) is 1. The molecule has 312 valence electrons. The SMILES string of the molecule is CC(O)[C@@H]1NC(=O)[C@H]([C@H](O)[C@@H](O)c2ccc(O)cc2)NC(=O)[C@@H]2C[C@@H](C)CN2C(=O)[C@H](C(C)O)NC(=O)[C@@H](N)C[C@@H](O)[C@@H](O)NC(=O)[C@@H]2[C@@H](O)[C@@H](C)CN2C1=O. The third-order valence-corrected chi connectivity index (χ3v) is 10.4. The van der Waals surface area contributed by atoms with Crippen LogP contribution in [0.15, 0.2) is 24.3 Å². The molecule has 0 aromatic heterocycles. The standard InChI is InChI=1S/C35H53N7O14/c1-13-9-20-30(51)39-24(28(49)27(48)17-5-7-18(45)8-6-17)32(53)38-23(16(4)44)35(56)42-12-14(2)26(47)25(42)33(54)40-31(52)21(46)10-19(36)29(50)37-22(15(3)43)34(55)41(20)11-13/h5-8,13-16,19-28,31,43-49,52H,9-12,36H2,1-4H3,(H,37,50)(H,38,53)(H,39,51)(H,40,54)/t13-,14+,15?,16?,19+,20+,21-,22+,23+,24+,25+,26+,27+,28+,31-/m1/s1. The summed E-state index contributed by atoms with van der Waals surface area (Å²) < 4.78 is 0. The van der Waals surface area contributed by atoms with E-state index >= 15 is 0 Å². The lowest BCUT2D eigenvalue weighted by molar-refractivity contribution is -0.148. The zero-order chi connectivity index (χ0) is 41.9. The number of nitrogens with one attached hydrogen (secondary N) is 4. The van der Waals surface area contributed by atoms with Crippen LogP contribution in [0.2, 0.25) is 0 Å². The Balaban J connectivity index is 1.80. The van der Waals surface area contributed by atoms with Crippen molar-refractivity contribution in [3.05, 3.63) is 29.8 Å². The molecule has 0 bridgehead atoms. The topological polar surface area (TPSA) is 345 Å². The van der Waals surface area contributed by atoms with Crippen LogP contribution in [0.3, 0.4) is 0 Å². The Labute approximate surface area is 321 Å². The molecule has 0 aliphatic carbocycles. The number of aliphatic hydroxyl groups excluding tert-OH is 7. The third-order valence-electron chi connectivity index (χ3n) is 10.4. The second kappa shape index (κ2) is 18.2. The molecule has 21 heteroatoms. The van der Waals surface area contributed by atoms with E-state index in [1.165, 1.54) is 38.1 Å². The predicted molar refractivity (Wildman–Crippen MR) is 191 cm³/mol. The van der Waals surface area contributed by atoms with Crippen molar-refractivity contribution in [2.45, 2.75) is 120 Å². The van der Waals surface area contributed by atoms with Crippen LogP contribution in [-0.2, 0) is 28.8 Å². The summed E-state index contributed by atoms with van der Waals surface area (Å²) in [7, 11) is 0. The maximum absolute atomic E-state index is 14.1. The number of phenolic OH excluding ortho intramolecular Hbond substituents is 1. The average Bonchev–Trinajstić information content (AvgIpc) is 3.68. The molecule has 6 amide bonds. The number of fused-ring (bicyclic) bond motifs is 2. The molecule has 0 radical (unpaired) electrons. The van der Waals surface area contributed by atoms with Gasteiger partial charge in [0.1, 0.15) is 54.3 Å². The lowest BCUT2D eigenvalue weighted by atomic mass is 9.96. The van der Waals surface area contributed by atoms with Crippen LogP contribution in [0.4, 0.5) is 0 Å². The van der Waals surface area contributed by atoms with E-state index in [9.17, 15) is 69.6 Å². The first-order valence-electron chi connectivity index (χ1n) is 18.3. The molecule has 1 aromatic carbocycles. The van der Waals surface area contributed by atoms with Gasteiger partial charge in [-0.05, 0) is 43.9 Å². The van der Waals surface area contributed by atoms with E-state index in [1.807, 2.05) is 0 Å². The summed E-state index contributed by atoms with van der Waals surface area (Å²) in [6, 6.07) is -5.60. The number of aromatic hydroxyl groups is 1. The molecule has 56 heavy (non-hydrogen) atoms. The van der Waals surface area contributed by atoms with Crippen LogP contribution in [0.1, 0.15) is 52.2 Å². The van der Waals surface area contributed by atoms with Gasteiger partial charge in [0.25, 0.3) is 0 Å². The van der Waals surface area contributed by atoms with E-state index in [1.54, 1.807) is 6.92 Å². The molecule has 3 aliphatic heterocycles. The average molecular weight is 796 g/mol. The number of rotatable bonds is 5. The highest BCUT2D eigenvalue weighted by Gasteiger charge is 2.50. The maximum Gasteiger partial charge on any atom is 0.248 e. The molecular formula is C35H53N7O14. The van der Waals surface area contributed by atoms with Crippen molar-refractivity contribution in [2.75, 3.05) is 13.1 Å². The van der Waals surface area contributed by atoms with Gasteiger partial charge in [-0.2, -0.15) is 0 Å². The number of aliphatic hydroxyl groups is 7. The van der Waals surface area contributed by atoms with Gasteiger partial charge >= 0.3 is 0 Å². The fourth-order valence-electron chi connectivity index (χ4n) is 7.16. The van der Waals surface area contributed by atoms with Gasteiger partial charge in [-0.15, -0.1) is 0 Å². The summed E-state index contributed by atoms with van der Waals surface area (Å²) in [6.07, 6.45) is -13.6. The van der Waals surface area contributed by atoms with Crippen molar-refractivity contribution in [3.63, 3.8) is 0 Å². The Morgan fingerprint density at radius 3 is 1.80 bits per heavy atom. The number of benzene rings is 1. The van der Waals surface area contributed by atoms with Crippen LogP contribution in [0.5, 0.6) is 5.75 Å². The first-order valence-corrected chi connectivity index (χ1v) is 18.3. The highest BCUT2D eigenvalue weighted by atomic mass is 16.3. The fourth-order valence-corrected chi connectivity index (χ4v) is 7.16. The Morgan fingerprint density at radius 1 is 0.696 bits per heavy atom. The normalized spacial score (nSPS) is 35.2. The van der Waals surface area contributed by atoms with Gasteiger partial charge in [0.15, 0.2) is 6.23 Å². The summed E-state index contributed by atoms with van der Waals surface area (Å²) in [5.41, 5.74) is 5.96. The largest absolute Gasteiger partial charge is 0.508 e. The molecule has 0 spiro atoms. The number of nitrogens with zero attached hydrogens (tertiary/aromatic N) is 2. The number of amides is 6. The van der Waals surface area contributed by atoms with Gasteiger partial charge in [-0.3, -0.25) is 28.8 Å². The van der Waals surface area contributed by atoms with Crippen molar-refractivity contribution in [2.24, 2.45) is 17.6 Å². The van der Waals surface area contributed by atoms with Gasteiger partial charge in [-0.1, -0.05) is 26.0 Å². The first kappa shape index (κ1) is 44.2. The number of carbonyl (C=O) groups excluding carboxylic acids is 6. The lowest BCUT2D eigenvalue weighted by Gasteiger charge is -2.34. The Bertz CT molecular complexity index is 1610. The zero-order valence-corrected chi connectivity index (χ0v) is 31.3. The van der Waals surface area contributed by atoms with Gasteiger partial charge < -0.3 is 77.7 Å². The minimum atomic E-state index is -2.18. The molecule has 3 heterocycles. The number of phenols is 1. The van der Waals surface area contributed by atoms with Crippen molar-refractivity contribution < 1.29 is 69.6 Å². The van der Waals surface area contributed by atoms with Crippen molar-refractivity contribution in [3.8, 4) is 5.75 Å². The van der Waals surface area contributed by atoms with Gasteiger partial charge in [0, 0.05) is 25.4 Å². The molecule has 14 N–H and O–H groups in total. The number of hydrogen-bond donors (Lipinski definition) is 13. The van der Waals surface area contributed by atoms with Crippen LogP contribution in [-0.4, -0.2) is 172 Å². The molecule has 3 saturated heterocycles. The smallest absolute Gasteiger partial charge is 0.248 e. The molecule has 3 fully saturated rings. The Kier molecular flexibility index (Phi) is 14.4. The summed E-state index contributed by atoms with van der Waals surface area (Å²) in [5.74, 6) is -7.92. The van der Waals surface area contributed by atoms with Gasteiger partial charge in [0.05, 0.1) is 24.4 Å². The molecule has 15 atom stereocenters. The van der Waals surface area contributed by atoms with Crippen LogP contribution in [0.25, 0.3) is 0 Å². The summed E-state index contributed by atoms with van der Waals surface area (Å²) in [4.78, 5) is 84.5. The lowest BCUT2D eigenvalue weighted by Crippen LogP contribution is -2.64. The summed E-state index contributed by atoms with van der Waals surface area (Å²) >= 11 is 0. The summed E-state index contributed by atoms with van der Waals surface area (Å²) in [5, 5.41) is 94.9. The van der Waals surface area contributed by atoms with E-state index < -0.39 is 127 Å². The van der Waals surface area contributed by atoms with E-state index in [2.05, 4.69) is 21.3 Å². The highest BCUT2D eigenvalue weighted by molar-refractivity contribution is 5.98. The first-order chi connectivity index (χ1) is 26.1. The number of hydrogen-bond acceptors (Lipinski definition) is 15. The monoisotopic (exact) mass is 795 g/mol. The molecular weight excluding hydrogens is 742 g/mol. The van der Waals surface area contributed by atoms with Gasteiger partial charge in [0.2, 0.25) is 35.4 Å². The predicted octanol–water partition coefficient (Wildman–Crippen LogP) is -6.03. The quantitative estimate of drug-likeness (QED) is 0.132. The summed E-state index contributed by atoms with van der Waals surface area (Å²) in [6.45, 7) is 5.13. The molecule has 1 aromatic rings. The molecule has 4 rings (SSSR count). The second-order valence-corrected chi connectivity index (χ2v) is 15.1. The van der Waals surface area contributed by atoms with Crippen molar-refractivity contribution >= 4 is 35.4 Å². The minimum Gasteiger partial charge on any atom is -0.508 e. The minimum absolute atomic E-state index is 0.000727. The second-order valence-electron chi connectivity index (χ2n) is 15.1. The van der Waals surface area contributed by atoms with E-state index in [4.69, 9.17) is 5.73 Å². The van der Waals surface area contributed by atoms with Crippen LogP contribution in [0, 0.1) is 11.8 Å². The Morgan fingerprint density at radius 2 is 1.23 bits per heavy atom. The van der Waals surface area contributed by atoms with E-state index in [-0.39, 0.29) is 36.7 Å². The van der Waals surface area contributed by atoms with Gasteiger partial charge in [-0.25, -0.2) is 0 Å². The maximum atomic E-state index is 14.1. The van der Waals surface area contributed by atoms with E-state index in [0.717, 1.165) is 16.7 Å². The molecule has 21 nitrogen and oxygen atoms in total. The van der Waals surface area contributed by atoms with E-state index in [0.29, 0.717) is 0 Å². The third kappa shape index (κ3) is 9.72. The van der Waals surface area contributed by atoms with Crippen molar-refractivity contribution in [1.29, 1.82) is 0 Å². The van der Waals surface area contributed by atoms with Crippen molar-refractivity contribution in [1.82, 2.24) is 31.1 Å². The molecule has 0 saturated carbocycles. The van der Waals surface area contributed by atoms with Crippen LogP contribution >= 0.6 is 0 Å². The number of carbonyl (C=O) groups is 6. The fraction of sp³-hybridized carbons (Fsp3) is 0.657. The molecule has 2 unspecified atom stereocenters. The van der Waals surface area contributed by atoms with Crippen LogP contribution < -0.4 is 27.0 Å².